The van der Waals surface area contributed by atoms with Crippen LogP contribution >= 0.6 is 34.8 Å². The summed E-state index contributed by atoms with van der Waals surface area (Å²) in [6.45, 7) is 0. The summed E-state index contributed by atoms with van der Waals surface area (Å²) < 4.78 is -1.82. The lowest BCUT2D eigenvalue weighted by Gasteiger charge is -2.37. The zero-order chi connectivity index (χ0) is 12.7. The van der Waals surface area contributed by atoms with Gasteiger partial charge in [-0.3, -0.25) is 0 Å². The van der Waals surface area contributed by atoms with Crippen molar-refractivity contribution >= 4 is 34.8 Å². The smallest absolute Gasteiger partial charge is 0.204 e. The predicted molar refractivity (Wildman–Crippen MR) is 69.8 cm³/mol. The Kier molecular flexibility index (Phi) is 3.06. The zero-order valence-corrected chi connectivity index (χ0v) is 10.8. The topological polar surface area (TPSA) is 40.5 Å². The number of aliphatic hydroxyl groups excluding tert-OH is 2. The maximum Gasteiger partial charge on any atom is 0.204 e. The Labute approximate surface area is 114 Å². The first-order valence-electron chi connectivity index (χ1n) is 4.84. The molecule has 1 aromatic carbocycles. The number of aliphatic hydroxyl groups is 2. The standard InChI is InChI=1S/C12H9Cl3O2/c13-11(8-4-2-1-3-5-8)7-6-9(16)10(17)12(11,14)15/h1-7,16-17H. The van der Waals surface area contributed by atoms with Gasteiger partial charge in [-0.15, -0.1) is 11.6 Å². The fraction of sp³-hybridized carbons (Fsp3) is 0.167. The molecule has 2 N–H and O–H groups in total. The van der Waals surface area contributed by atoms with Gasteiger partial charge in [-0.2, -0.15) is 0 Å². The minimum Gasteiger partial charge on any atom is -0.506 e. The van der Waals surface area contributed by atoms with E-state index >= 15 is 0 Å². The van der Waals surface area contributed by atoms with Crippen molar-refractivity contribution in [2.45, 2.75) is 9.21 Å². The quantitative estimate of drug-likeness (QED) is 0.762. The highest BCUT2D eigenvalue weighted by molar-refractivity contribution is 6.55. The largest absolute Gasteiger partial charge is 0.506 e. The molecule has 1 aliphatic rings. The van der Waals surface area contributed by atoms with Crippen LogP contribution in [0.5, 0.6) is 0 Å². The molecular weight excluding hydrogens is 282 g/mol. The van der Waals surface area contributed by atoms with Gasteiger partial charge in [0.1, 0.15) is 4.87 Å². The zero-order valence-electron chi connectivity index (χ0n) is 8.57. The van der Waals surface area contributed by atoms with Crippen molar-refractivity contribution < 1.29 is 10.2 Å². The van der Waals surface area contributed by atoms with Crippen LogP contribution in [-0.4, -0.2) is 14.5 Å². The van der Waals surface area contributed by atoms with Crippen LogP contribution in [0.1, 0.15) is 5.56 Å². The van der Waals surface area contributed by atoms with Crippen LogP contribution < -0.4 is 0 Å². The van der Waals surface area contributed by atoms with E-state index in [1.807, 2.05) is 6.07 Å². The Balaban J connectivity index is 2.58. The second kappa shape index (κ2) is 4.13. The maximum absolute atomic E-state index is 9.73. The Hall–Kier alpha value is -0.830. The van der Waals surface area contributed by atoms with Gasteiger partial charge in [0.2, 0.25) is 4.33 Å². The van der Waals surface area contributed by atoms with Crippen molar-refractivity contribution in [1.82, 2.24) is 0 Å². The van der Waals surface area contributed by atoms with Crippen molar-refractivity contribution in [1.29, 1.82) is 0 Å². The fourth-order valence-corrected chi connectivity index (χ4v) is 2.49. The second-order valence-electron chi connectivity index (χ2n) is 3.72. The first-order valence-corrected chi connectivity index (χ1v) is 5.97. The molecule has 0 saturated heterocycles. The number of hydrogen-bond donors (Lipinski definition) is 2. The molecule has 0 aromatic heterocycles. The molecule has 2 rings (SSSR count). The highest BCUT2D eigenvalue weighted by atomic mass is 35.5. The van der Waals surface area contributed by atoms with Gasteiger partial charge in [-0.25, -0.2) is 0 Å². The molecule has 2 nitrogen and oxygen atoms in total. The van der Waals surface area contributed by atoms with Gasteiger partial charge in [0.05, 0.1) is 0 Å². The summed E-state index contributed by atoms with van der Waals surface area (Å²) in [5.41, 5.74) is 0.627. The van der Waals surface area contributed by atoms with E-state index in [4.69, 9.17) is 34.8 Å². The summed E-state index contributed by atoms with van der Waals surface area (Å²) in [6.07, 6.45) is 2.73. The van der Waals surface area contributed by atoms with Crippen LogP contribution in [0.25, 0.3) is 0 Å². The lowest BCUT2D eigenvalue weighted by Crippen LogP contribution is -2.41. The van der Waals surface area contributed by atoms with Gasteiger partial charge in [0.25, 0.3) is 0 Å². The van der Waals surface area contributed by atoms with Crippen LogP contribution in [0.2, 0.25) is 0 Å². The molecule has 0 bridgehead atoms. The molecule has 5 heteroatoms. The summed E-state index contributed by atoms with van der Waals surface area (Å²) in [4.78, 5) is -1.33. The highest BCUT2D eigenvalue weighted by Crippen LogP contribution is 2.54. The molecule has 0 radical (unpaired) electrons. The Morgan fingerprint density at radius 3 is 2.12 bits per heavy atom. The van der Waals surface area contributed by atoms with Crippen LogP contribution in [0.3, 0.4) is 0 Å². The molecule has 0 heterocycles. The average molecular weight is 292 g/mol. The van der Waals surface area contributed by atoms with Crippen LogP contribution in [0.4, 0.5) is 0 Å². The summed E-state index contributed by atoms with van der Waals surface area (Å²) in [5, 5.41) is 19.1. The van der Waals surface area contributed by atoms with Gasteiger partial charge >= 0.3 is 0 Å². The molecule has 1 atom stereocenters. The molecular formula is C12H9Cl3O2. The van der Waals surface area contributed by atoms with E-state index in [0.29, 0.717) is 5.56 Å². The molecule has 0 saturated carbocycles. The number of hydrogen-bond acceptors (Lipinski definition) is 2. The summed E-state index contributed by atoms with van der Waals surface area (Å²) in [6, 6.07) is 8.88. The molecule has 0 aliphatic heterocycles. The minimum atomic E-state index is -1.82. The first kappa shape index (κ1) is 12.6. The third-order valence-corrected chi connectivity index (χ3v) is 4.44. The third-order valence-electron chi connectivity index (χ3n) is 2.66. The summed E-state index contributed by atoms with van der Waals surface area (Å²) in [5.74, 6) is -0.940. The number of allylic oxidation sites excluding steroid dienone is 3. The average Bonchev–Trinajstić information content (AvgIpc) is 2.33. The highest BCUT2D eigenvalue weighted by Gasteiger charge is 2.54. The lowest BCUT2D eigenvalue weighted by molar-refractivity contribution is 0.300. The van der Waals surface area contributed by atoms with Gasteiger partial charge in [0, 0.05) is 0 Å². The monoisotopic (exact) mass is 290 g/mol. The fourth-order valence-electron chi connectivity index (χ4n) is 1.67. The minimum absolute atomic E-state index is 0.387. The maximum atomic E-state index is 9.73. The van der Waals surface area contributed by atoms with Crippen molar-refractivity contribution in [3.8, 4) is 0 Å². The van der Waals surface area contributed by atoms with E-state index in [-0.39, 0.29) is 5.76 Å². The van der Waals surface area contributed by atoms with E-state index in [0.717, 1.165) is 0 Å². The Bertz CT molecular complexity index is 494. The Morgan fingerprint density at radius 1 is 0.941 bits per heavy atom. The van der Waals surface area contributed by atoms with E-state index < -0.39 is 15.0 Å². The van der Waals surface area contributed by atoms with E-state index in [1.54, 1.807) is 24.3 Å². The van der Waals surface area contributed by atoms with E-state index in [2.05, 4.69) is 0 Å². The molecule has 0 spiro atoms. The van der Waals surface area contributed by atoms with E-state index in [9.17, 15) is 10.2 Å². The molecule has 1 aliphatic carbocycles. The Morgan fingerprint density at radius 2 is 1.53 bits per heavy atom. The van der Waals surface area contributed by atoms with Gasteiger partial charge in [-0.1, -0.05) is 59.6 Å². The third kappa shape index (κ3) is 1.81. The van der Waals surface area contributed by atoms with Crippen LogP contribution in [0.15, 0.2) is 54.0 Å². The second-order valence-corrected chi connectivity index (χ2v) is 5.64. The predicted octanol–water partition coefficient (Wildman–Crippen LogP) is 4.19. The normalized spacial score (nSPS) is 27.2. The molecule has 0 fully saturated rings. The summed E-state index contributed by atoms with van der Waals surface area (Å²) in [7, 11) is 0. The van der Waals surface area contributed by atoms with Gasteiger partial charge < -0.3 is 10.2 Å². The van der Waals surface area contributed by atoms with Crippen molar-refractivity contribution in [3.05, 3.63) is 59.6 Å². The number of alkyl halides is 3. The van der Waals surface area contributed by atoms with Crippen molar-refractivity contribution in [2.24, 2.45) is 0 Å². The van der Waals surface area contributed by atoms with Crippen LogP contribution in [-0.2, 0) is 4.87 Å². The lowest BCUT2D eigenvalue weighted by atomic mass is 9.89. The molecule has 1 aromatic rings. The molecule has 0 amide bonds. The number of benzene rings is 1. The van der Waals surface area contributed by atoms with Gasteiger partial charge in [-0.05, 0) is 11.6 Å². The van der Waals surface area contributed by atoms with Crippen molar-refractivity contribution in [2.75, 3.05) is 0 Å². The SMILES string of the molecule is OC1=C(O)C(Cl)(Cl)C(Cl)(c2ccccc2)C=C1. The van der Waals surface area contributed by atoms with E-state index in [1.165, 1.54) is 12.2 Å². The molecule has 17 heavy (non-hydrogen) atoms. The number of halogens is 3. The summed E-state index contributed by atoms with van der Waals surface area (Å²) >= 11 is 18.5. The molecule has 90 valence electrons. The van der Waals surface area contributed by atoms with Gasteiger partial charge in [0.15, 0.2) is 11.5 Å². The number of rotatable bonds is 1. The van der Waals surface area contributed by atoms with Crippen molar-refractivity contribution in [3.63, 3.8) is 0 Å². The van der Waals surface area contributed by atoms with Crippen LogP contribution in [0, 0.1) is 0 Å². The molecule has 1 unspecified atom stereocenters. The first-order chi connectivity index (χ1) is 7.89.